The molecular formula is C7H15N. The van der Waals surface area contributed by atoms with E-state index in [1.54, 1.807) is 0 Å². The van der Waals surface area contributed by atoms with Crippen LogP contribution in [0.5, 0.6) is 0 Å². The van der Waals surface area contributed by atoms with Crippen LogP contribution in [0.2, 0.25) is 0 Å². The average Bonchev–Trinajstić information content (AvgIpc) is 1.65. The fraction of sp³-hybridized carbons (Fsp3) is 0.714. The highest BCUT2D eigenvalue weighted by atomic mass is 14.9. The Balaban J connectivity index is 3.23. The topological polar surface area (TPSA) is 12.0 Å². The lowest BCUT2D eigenvalue weighted by Gasteiger charge is -2.11. The first kappa shape index (κ1) is 7.70. The van der Waals surface area contributed by atoms with Crippen molar-refractivity contribution in [2.24, 2.45) is 0 Å². The van der Waals surface area contributed by atoms with Gasteiger partial charge in [0, 0.05) is 12.1 Å². The van der Waals surface area contributed by atoms with E-state index in [1.807, 2.05) is 6.08 Å². The average molecular weight is 113 g/mol. The molecule has 0 spiro atoms. The van der Waals surface area contributed by atoms with E-state index in [-0.39, 0.29) is 0 Å². The lowest BCUT2D eigenvalue weighted by atomic mass is 10.3. The molecule has 0 radical (unpaired) electrons. The van der Waals surface area contributed by atoms with Gasteiger partial charge >= 0.3 is 0 Å². The third-order valence-corrected chi connectivity index (χ3v) is 0.950. The van der Waals surface area contributed by atoms with Crippen molar-refractivity contribution >= 4 is 0 Å². The van der Waals surface area contributed by atoms with Gasteiger partial charge in [0.05, 0.1) is 0 Å². The predicted octanol–water partition coefficient (Wildman–Crippen LogP) is 1.56. The lowest BCUT2D eigenvalue weighted by molar-refractivity contribution is 0.550. The summed E-state index contributed by atoms with van der Waals surface area (Å²) in [4.78, 5) is 0. The van der Waals surface area contributed by atoms with Gasteiger partial charge in [0.2, 0.25) is 0 Å². The Labute approximate surface area is 51.8 Å². The number of hydrogen-bond acceptors (Lipinski definition) is 1. The van der Waals surface area contributed by atoms with E-state index in [2.05, 4.69) is 32.7 Å². The Kier molecular flexibility index (Phi) is 3.53. The van der Waals surface area contributed by atoms with Crippen LogP contribution < -0.4 is 5.32 Å². The van der Waals surface area contributed by atoms with Gasteiger partial charge in [-0.1, -0.05) is 19.9 Å². The molecule has 0 bridgehead atoms. The smallest absolute Gasteiger partial charge is 0.0221 e. The second-order valence-corrected chi connectivity index (χ2v) is 2.35. The zero-order valence-electron chi connectivity index (χ0n) is 5.94. The fourth-order valence-electron chi connectivity index (χ4n) is 0.594. The molecular weight excluding hydrogens is 98.1 g/mol. The first-order valence-electron chi connectivity index (χ1n) is 3.05. The summed E-state index contributed by atoms with van der Waals surface area (Å²) in [6, 6.07) is 0.998. The van der Waals surface area contributed by atoms with E-state index in [0.717, 1.165) is 0 Å². The summed E-state index contributed by atoms with van der Waals surface area (Å²) in [7, 11) is 0. The van der Waals surface area contributed by atoms with Crippen LogP contribution in [0.4, 0.5) is 0 Å². The zero-order chi connectivity index (χ0) is 6.57. The lowest BCUT2D eigenvalue weighted by Crippen LogP contribution is -2.30. The van der Waals surface area contributed by atoms with Gasteiger partial charge in [0.15, 0.2) is 0 Å². The molecule has 0 aliphatic carbocycles. The van der Waals surface area contributed by atoms with Crippen molar-refractivity contribution < 1.29 is 0 Å². The van der Waals surface area contributed by atoms with Crippen LogP contribution in [0.3, 0.4) is 0 Å². The molecule has 0 aliphatic heterocycles. The fourth-order valence-corrected chi connectivity index (χ4v) is 0.594. The van der Waals surface area contributed by atoms with E-state index in [9.17, 15) is 0 Å². The quantitative estimate of drug-likeness (QED) is 0.548. The van der Waals surface area contributed by atoms with E-state index in [4.69, 9.17) is 0 Å². The van der Waals surface area contributed by atoms with Crippen LogP contribution in [-0.2, 0) is 0 Å². The summed E-state index contributed by atoms with van der Waals surface area (Å²) in [6.07, 6.45) is 1.90. The Bertz CT molecular complexity index is 66.8. The van der Waals surface area contributed by atoms with Gasteiger partial charge in [-0.2, -0.15) is 0 Å². The Morgan fingerprint density at radius 2 is 1.88 bits per heavy atom. The van der Waals surface area contributed by atoms with Crippen molar-refractivity contribution in [2.45, 2.75) is 32.9 Å². The zero-order valence-corrected chi connectivity index (χ0v) is 5.94. The molecule has 1 nitrogen and oxygen atoms in total. The van der Waals surface area contributed by atoms with Gasteiger partial charge in [-0.3, -0.25) is 0 Å². The van der Waals surface area contributed by atoms with Crippen LogP contribution in [0.25, 0.3) is 0 Å². The maximum Gasteiger partial charge on any atom is 0.0221 e. The second-order valence-electron chi connectivity index (χ2n) is 2.35. The SMILES string of the molecule is C=C[C@@H](C)NC(C)C. The predicted molar refractivity (Wildman–Crippen MR) is 37.9 cm³/mol. The summed E-state index contributed by atoms with van der Waals surface area (Å²) in [5.41, 5.74) is 0. The molecule has 1 heteroatoms. The summed E-state index contributed by atoms with van der Waals surface area (Å²) in [5.74, 6) is 0. The molecule has 8 heavy (non-hydrogen) atoms. The Hall–Kier alpha value is -0.300. The van der Waals surface area contributed by atoms with Crippen molar-refractivity contribution in [3.8, 4) is 0 Å². The minimum atomic E-state index is 0.440. The number of hydrogen-bond donors (Lipinski definition) is 1. The van der Waals surface area contributed by atoms with Crippen LogP contribution in [0.1, 0.15) is 20.8 Å². The largest absolute Gasteiger partial charge is 0.309 e. The van der Waals surface area contributed by atoms with Crippen molar-refractivity contribution in [2.75, 3.05) is 0 Å². The molecule has 0 saturated carbocycles. The number of rotatable bonds is 3. The van der Waals surface area contributed by atoms with Crippen molar-refractivity contribution in [1.29, 1.82) is 0 Å². The third kappa shape index (κ3) is 3.88. The summed E-state index contributed by atoms with van der Waals surface area (Å²) in [5, 5.41) is 3.27. The van der Waals surface area contributed by atoms with E-state index in [1.165, 1.54) is 0 Å². The highest BCUT2D eigenvalue weighted by Crippen LogP contribution is 1.84. The van der Waals surface area contributed by atoms with Gasteiger partial charge in [-0.25, -0.2) is 0 Å². The second kappa shape index (κ2) is 3.67. The molecule has 1 N–H and O–H groups in total. The standard InChI is InChI=1S/C7H15N/c1-5-7(4)8-6(2)3/h5-8H,1H2,2-4H3/t7-/m1/s1. The first-order chi connectivity index (χ1) is 3.66. The van der Waals surface area contributed by atoms with Crippen LogP contribution in [0.15, 0.2) is 12.7 Å². The van der Waals surface area contributed by atoms with Crippen LogP contribution in [0, 0.1) is 0 Å². The summed E-state index contributed by atoms with van der Waals surface area (Å²) in [6.45, 7) is 9.99. The van der Waals surface area contributed by atoms with Gasteiger partial charge in [0.25, 0.3) is 0 Å². The monoisotopic (exact) mass is 113 g/mol. The molecule has 0 rings (SSSR count). The summed E-state index contributed by atoms with van der Waals surface area (Å²) < 4.78 is 0. The Morgan fingerprint density at radius 3 is 2.00 bits per heavy atom. The summed E-state index contributed by atoms with van der Waals surface area (Å²) >= 11 is 0. The molecule has 0 saturated heterocycles. The molecule has 0 aromatic heterocycles. The highest BCUT2D eigenvalue weighted by Gasteiger charge is 1.94. The Morgan fingerprint density at radius 1 is 1.38 bits per heavy atom. The maximum atomic E-state index is 3.65. The highest BCUT2D eigenvalue weighted by molar-refractivity contribution is 4.81. The van der Waals surface area contributed by atoms with Gasteiger partial charge < -0.3 is 5.32 Å². The van der Waals surface area contributed by atoms with Gasteiger partial charge in [-0.05, 0) is 6.92 Å². The van der Waals surface area contributed by atoms with Gasteiger partial charge in [-0.15, -0.1) is 6.58 Å². The molecule has 1 atom stereocenters. The van der Waals surface area contributed by atoms with Crippen molar-refractivity contribution in [3.05, 3.63) is 12.7 Å². The molecule has 0 aliphatic rings. The van der Waals surface area contributed by atoms with Crippen molar-refractivity contribution in [3.63, 3.8) is 0 Å². The molecule has 0 aromatic rings. The normalized spacial score (nSPS) is 14.0. The minimum Gasteiger partial charge on any atom is -0.309 e. The van der Waals surface area contributed by atoms with Crippen LogP contribution >= 0.6 is 0 Å². The van der Waals surface area contributed by atoms with Crippen molar-refractivity contribution in [1.82, 2.24) is 5.32 Å². The maximum absolute atomic E-state index is 3.65. The minimum absolute atomic E-state index is 0.440. The van der Waals surface area contributed by atoms with Gasteiger partial charge in [0.1, 0.15) is 0 Å². The molecule has 0 heterocycles. The number of nitrogens with one attached hydrogen (secondary N) is 1. The molecule has 0 aromatic carbocycles. The van der Waals surface area contributed by atoms with E-state index >= 15 is 0 Å². The van der Waals surface area contributed by atoms with E-state index in [0.29, 0.717) is 12.1 Å². The molecule has 0 amide bonds. The molecule has 0 unspecified atom stereocenters. The molecule has 0 fully saturated rings. The third-order valence-electron chi connectivity index (χ3n) is 0.950. The van der Waals surface area contributed by atoms with E-state index < -0.39 is 0 Å². The molecule has 48 valence electrons. The first-order valence-corrected chi connectivity index (χ1v) is 3.05. The van der Waals surface area contributed by atoms with Crippen LogP contribution in [-0.4, -0.2) is 12.1 Å².